The van der Waals surface area contributed by atoms with Crippen LogP contribution < -0.4 is 0 Å². The number of aliphatic carboxylic acids is 1. The second-order valence-electron chi connectivity index (χ2n) is 14.7. The van der Waals surface area contributed by atoms with Crippen LogP contribution in [0.1, 0.15) is 106 Å². The van der Waals surface area contributed by atoms with Crippen molar-refractivity contribution in [1.29, 1.82) is 0 Å². The number of fused-ring (bicyclic) bond motifs is 7. The summed E-state index contributed by atoms with van der Waals surface area (Å²) in [6.07, 6.45) is 9.78. The van der Waals surface area contributed by atoms with Crippen LogP contribution >= 0.6 is 0 Å². The third-order valence-electron chi connectivity index (χ3n) is 12.8. The molecule has 5 aliphatic rings. The highest BCUT2D eigenvalue weighted by molar-refractivity contribution is 5.96. The smallest absolute Gasteiger partial charge is 0.309 e. The van der Waals surface area contributed by atoms with Gasteiger partial charge in [0.1, 0.15) is 5.78 Å². The SMILES string of the molecule is CC1(C)C(=O)CC[C@]2(C)[C@H]3C(=O)C=C4[C@H]5C[C@@](C)(C(=O)O)CC[C@]5(C)CC[C@@]4(C)[C@]3(C)CC[C@@H]12. The van der Waals surface area contributed by atoms with Crippen LogP contribution in [0, 0.1) is 50.2 Å². The first-order valence-corrected chi connectivity index (χ1v) is 13.6. The van der Waals surface area contributed by atoms with Crippen LogP contribution in [0.2, 0.25) is 0 Å². The second-order valence-corrected chi connectivity index (χ2v) is 14.7. The van der Waals surface area contributed by atoms with Crippen molar-refractivity contribution >= 4 is 17.5 Å². The summed E-state index contributed by atoms with van der Waals surface area (Å²) >= 11 is 0. The van der Waals surface area contributed by atoms with Crippen LogP contribution in [0.15, 0.2) is 11.6 Å². The van der Waals surface area contributed by atoms with Crippen molar-refractivity contribution < 1.29 is 19.5 Å². The summed E-state index contributed by atoms with van der Waals surface area (Å²) in [5.74, 6) is 0.222. The zero-order valence-corrected chi connectivity index (χ0v) is 22.3. The number of carboxylic acid groups (broad SMARTS) is 1. The van der Waals surface area contributed by atoms with E-state index in [0.29, 0.717) is 18.6 Å². The molecule has 0 radical (unpaired) electrons. The molecule has 0 unspecified atom stereocenters. The monoisotopic (exact) mass is 468 g/mol. The lowest BCUT2D eigenvalue weighted by molar-refractivity contribution is -0.188. The van der Waals surface area contributed by atoms with E-state index < -0.39 is 11.4 Å². The van der Waals surface area contributed by atoms with E-state index in [9.17, 15) is 19.5 Å². The maximum absolute atomic E-state index is 14.2. The molecule has 4 heteroatoms. The average Bonchev–Trinajstić information content (AvgIpc) is 2.73. The van der Waals surface area contributed by atoms with Crippen LogP contribution in [0.25, 0.3) is 0 Å². The van der Waals surface area contributed by atoms with Crippen LogP contribution in [0.4, 0.5) is 0 Å². The molecule has 5 rings (SSSR count). The van der Waals surface area contributed by atoms with Crippen molar-refractivity contribution in [3.63, 3.8) is 0 Å². The Kier molecular flexibility index (Phi) is 4.89. The zero-order valence-electron chi connectivity index (χ0n) is 22.3. The number of carbonyl (C=O) groups excluding carboxylic acids is 2. The molecule has 1 N–H and O–H groups in total. The fourth-order valence-corrected chi connectivity index (χ4v) is 10.2. The van der Waals surface area contributed by atoms with Crippen LogP contribution in [0.3, 0.4) is 0 Å². The Morgan fingerprint density at radius 1 is 0.912 bits per heavy atom. The summed E-state index contributed by atoms with van der Waals surface area (Å²) in [7, 11) is 0. The first-order chi connectivity index (χ1) is 15.6. The molecule has 0 saturated heterocycles. The molecule has 0 aliphatic heterocycles. The summed E-state index contributed by atoms with van der Waals surface area (Å²) in [4.78, 5) is 39.3. The molecule has 0 heterocycles. The predicted molar refractivity (Wildman–Crippen MR) is 132 cm³/mol. The summed E-state index contributed by atoms with van der Waals surface area (Å²) < 4.78 is 0. The molecule has 188 valence electrons. The highest BCUT2D eigenvalue weighted by Gasteiger charge is 2.70. The van der Waals surface area contributed by atoms with Gasteiger partial charge < -0.3 is 5.11 Å². The highest BCUT2D eigenvalue weighted by atomic mass is 16.4. The molecule has 0 aromatic carbocycles. The minimum atomic E-state index is -0.721. The molecule has 0 amide bonds. The average molecular weight is 469 g/mol. The van der Waals surface area contributed by atoms with Crippen molar-refractivity contribution in [2.75, 3.05) is 0 Å². The molecule has 0 aromatic rings. The van der Waals surface area contributed by atoms with E-state index in [0.717, 1.165) is 44.9 Å². The van der Waals surface area contributed by atoms with E-state index in [1.807, 2.05) is 13.0 Å². The number of carbonyl (C=O) groups is 3. The van der Waals surface area contributed by atoms with Crippen molar-refractivity contribution in [2.45, 2.75) is 106 Å². The molecular formula is C30H44O4. The number of carboxylic acids is 1. The number of rotatable bonds is 1. The minimum absolute atomic E-state index is 0.0707. The lowest BCUT2D eigenvalue weighted by atomic mass is 9.33. The lowest BCUT2D eigenvalue weighted by Crippen LogP contribution is -2.66. The molecule has 0 aromatic heterocycles. The molecule has 34 heavy (non-hydrogen) atoms. The van der Waals surface area contributed by atoms with Gasteiger partial charge in [0.25, 0.3) is 0 Å². The third-order valence-corrected chi connectivity index (χ3v) is 12.8. The van der Waals surface area contributed by atoms with Gasteiger partial charge in [0.05, 0.1) is 5.41 Å². The Balaban J connectivity index is 1.63. The van der Waals surface area contributed by atoms with Gasteiger partial charge in [-0.25, -0.2) is 0 Å². The molecular weight excluding hydrogens is 424 g/mol. The molecule has 8 atom stereocenters. The first-order valence-electron chi connectivity index (χ1n) is 13.6. The van der Waals surface area contributed by atoms with Gasteiger partial charge in [-0.2, -0.15) is 0 Å². The Morgan fingerprint density at radius 3 is 2.21 bits per heavy atom. The Hall–Kier alpha value is -1.45. The Bertz CT molecular complexity index is 1010. The third kappa shape index (κ3) is 2.75. The number of ketones is 2. The fraction of sp³-hybridized carbons (Fsp3) is 0.833. The van der Waals surface area contributed by atoms with Gasteiger partial charge in [0, 0.05) is 17.8 Å². The molecule has 5 aliphatic carbocycles. The number of allylic oxidation sites excluding steroid dienone is 2. The summed E-state index contributed by atoms with van der Waals surface area (Å²) in [6, 6.07) is 0. The standard InChI is InChI=1S/C30H44O4/c1-25(2)21-8-11-30(7)23(28(21,5)10-9-22(25)32)20(31)16-18-19-17-27(4,24(33)34)13-12-26(19,3)14-15-29(18,30)6/h16,19,21,23H,8-15,17H2,1-7H3,(H,33,34)/t19-,21+,23-,26-,27+,28+,29-,30-/m1/s1. The predicted octanol–water partition coefficient (Wildman–Crippen LogP) is 6.62. The Morgan fingerprint density at radius 2 is 1.56 bits per heavy atom. The van der Waals surface area contributed by atoms with Gasteiger partial charge in [-0.05, 0) is 97.9 Å². The van der Waals surface area contributed by atoms with E-state index in [1.54, 1.807) is 0 Å². The fourth-order valence-electron chi connectivity index (χ4n) is 10.2. The van der Waals surface area contributed by atoms with E-state index in [2.05, 4.69) is 41.5 Å². The summed E-state index contributed by atoms with van der Waals surface area (Å²) in [5.41, 5.74) is -0.205. The normalized spacial score (nSPS) is 52.0. The number of hydrogen-bond acceptors (Lipinski definition) is 3. The van der Waals surface area contributed by atoms with E-state index in [4.69, 9.17) is 0 Å². The molecule has 4 saturated carbocycles. The second kappa shape index (κ2) is 6.85. The van der Waals surface area contributed by atoms with E-state index in [-0.39, 0.29) is 50.6 Å². The first kappa shape index (κ1) is 24.3. The minimum Gasteiger partial charge on any atom is -0.481 e. The van der Waals surface area contributed by atoms with Crippen molar-refractivity contribution in [3.8, 4) is 0 Å². The van der Waals surface area contributed by atoms with Gasteiger partial charge in [-0.15, -0.1) is 0 Å². The number of hydrogen-bond donors (Lipinski definition) is 1. The maximum Gasteiger partial charge on any atom is 0.309 e. The van der Waals surface area contributed by atoms with Gasteiger partial charge in [0.2, 0.25) is 0 Å². The van der Waals surface area contributed by atoms with Gasteiger partial charge >= 0.3 is 5.97 Å². The Labute approximate surface area is 205 Å². The van der Waals surface area contributed by atoms with Crippen molar-refractivity contribution in [3.05, 3.63) is 11.6 Å². The van der Waals surface area contributed by atoms with E-state index >= 15 is 0 Å². The quantitative estimate of drug-likeness (QED) is 0.469. The van der Waals surface area contributed by atoms with Crippen LogP contribution in [0.5, 0.6) is 0 Å². The molecule has 4 fully saturated rings. The number of Topliss-reactive ketones (excluding diaryl/α,β-unsaturated/α-hetero) is 1. The zero-order chi connectivity index (χ0) is 25.1. The van der Waals surface area contributed by atoms with Gasteiger partial charge in [0.15, 0.2) is 5.78 Å². The summed E-state index contributed by atoms with van der Waals surface area (Å²) in [6.45, 7) is 15.5. The molecule has 4 nitrogen and oxygen atoms in total. The maximum atomic E-state index is 14.2. The molecule has 0 spiro atoms. The van der Waals surface area contributed by atoms with Crippen LogP contribution in [-0.2, 0) is 14.4 Å². The van der Waals surface area contributed by atoms with Crippen molar-refractivity contribution in [2.24, 2.45) is 50.2 Å². The van der Waals surface area contributed by atoms with E-state index in [1.165, 1.54) is 5.57 Å². The van der Waals surface area contributed by atoms with Gasteiger partial charge in [-0.1, -0.05) is 47.1 Å². The van der Waals surface area contributed by atoms with Crippen LogP contribution in [-0.4, -0.2) is 22.6 Å². The lowest BCUT2D eigenvalue weighted by Gasteiger charge is -2.69. The topological polar surface area (TPSA) is 71.4 Å². The largest absolute Gasteiger partial charge is 0.481 e. The van der Waals surface area contributed by atoms with Crippen molar-refractivity contribution in [1.82, 2.24) is 0 Å². The molecule has 0 bridgehead atoms. The van der Waals surface area contributed by atoms with Gasteiger partial charge in [-0.3, -0.25) is 14.4 Å². The highest BCUT2D eigenvalue weighted by Crippen LogP contribution is 2.74. The summed E-state index contributed by atoms with van der Waals surface area (Å²) in [5, 5.41) is 10.0.